The smallest absolute Gasteiger partial charge is 0.161 e. The fraction of sp³-hybridized carbons (Fsp3) is 0.143. The molecule has 0 fully saturated rings. The first kappa shape index (κ1) is 15.9. The summed E-state index contributed by atoms with van der Waals surface area (Å²) in [6, 6.07) is 26.3. The summed E-state index contributed by atoms with van der Waals surface area (Å²) in [5.41, 5.74) is 3.37. The minimum Gasteiger partial charge on any atom is -0.493 e. The number of anilines is 1. The molecule has 0 aliphatic carbocycles. The highest BCUT2D eigenvalue weighted by molar-refractivity contribution is 5.46. The molecule has 0 aliphatic rings. The highest BCUT2D eigenvalue weighted by Gasteiger charge is 2.06. The Balaban J connectivity index is 1.64. The Morgan fingerprint density at radius 2 is 1.46 bits per heavy atom. The van der Waals surface area contributed by atoms with Crippen LogP contribution in [0.15, 0.2) is 78.9 Å². The number of nitrogens with one attached hydrogen (secondary N) is 1. The predicted molar refractivity (Wildman–Crippen MR) is 97.5 cm³/mol. The zero-order valence-corrected chi connectivity index (χ0v) is 13.7. The van der Waals surface area contributed by atoms with Gasteiger partial charge in [-0.3, -0.25) is 0 Å². The van der Waals surface area contributed by atoms with Crippen LogP contribution in [0.4, 0.5) is 5.69 Å². The summed E-state index contributed by atoms with van der Waals surface area (Å²) in [4.78, 5) is 0. The third kappa shape index (κ3) is 4.29. The van der Waals surface area contributed by atoms with Crippen LogP contribution >= 0.6 is 0 Å². The molecular weight excluding hydrogens is 298 g/mol. The van der Waals surface area contributed by atoms with Gasteiger partial charge in [-0.1, -0.05) is 54.6 Å². The molecule has 0 heterocycles. The van der Waals surface area contributed by atoms with Crippen molar-refractivity contribution in [3.63, 3.8) is 0 Å². The molecule has 0 saturated carbocycles. The zero-order chi connectivity index (χ0) is 16.6. The fourth-order valence-corrected chi connectivity index (χ4v) is 2.44. The van der Waals surface area contributed by atoms with Crippen molar-refractivity contribution in [2.45, 2.75) is 13.2 Å². The van der Waals surface area contributed by atoms with Gasteiger partial charge >= 0.3 is 0 Å². The molecule has 3 nitrogen and oxygen atoms in total. The molecule has 0 saturated heterocycles. The summed E-state index contributed by atoms with van der Waals surface area (Å²) < 4.78 is 11.4. The van der Waals surface area contributed by atoms with Crippen LogP contribution in [0.1, 0.15) is 11.1 Å². The van der Waals surface area contributed by atoms with E-state index in [2.05, 4.69) is 23.5 Å². The topological polar surface area (TPSA) is 30.5 Å². The third-order valence-corrected chi connectivity index (χ3v) is 3.74. The van der Waals surface area contributed by atoms with E-state index < -0.39 is 0 Å². The SMILES string of the molecule is COc1cc(CNc2ccccc2)ccc1OCc1ccccc1. The average molecular weight is 319 g/mol. The monoisotopic (exact) mass is 319 g/mol. The second-order valence-corrected chi connectivity index (χ2v) is 5.48. The zero-order valence-electron chi connectivity index (χ0n) is 13.7. The largest absolute Gasteiger partial charge is 0.493 e. The number of hydrogen-bond acceptors (Lipinski definition) is 3. The van der Waals surface area contributed by atoms with Crippen LogP contribution in [-0.4, -0.2) is 7.11 Å². The van der Waals surface area contributed by atoms with Crippen molar-refractivity contribution < 1.29 is 9.47 Å². The number of para-hydroxylation sites is 1. The maximum absolute atomic E-state index is 5.89. The van der Waals surface area contributed by atoms with E-state index in [1.165, 1.54) is 0 Å². The van der Waals surface area contributed by atoms with Gasteiger partial charge in [0.05, 0.1) is 7.11 Å². The Morgan fingerprint density at radius 3 is 2.17 bits per heavy atom. The van der Waals surface area contributed by atoms with Crippen LogP contribution in [0.5, 0.6) is 11.5 Å². The van der Waals surface area contributed by atoms with E-state index in [0.29, 0.717) is 6.61 Å². The molecule has 0 aromatic heterocycles. The molecule has 3 aromatic carbocycles. The normalized spacial score (nSPS) is 10.2. The number of rotatable bonds is 7. The molecule has 0 bridgehead atoms. The molecule has 0 unspecified atom stereocenters. The first-order valence-corrected chi connectivity index (χ1v) is 7.98. The van der Waals surface area contributed by atoms with Gasteiger partial charge in [0, 0.05) is 12.2 Å². The van der Waals surface area contributed by atoms with E-state index in [1.807, 2.05) is 60.7 Å². The van der Waals surface area contributed by atoms with Crippen LogP contribution in [0.2, 0.25) is 0 Å². The first-order chi connectivity index (χ1) is 11.8. The second-order valence-electron chi connectivity index (χ2n) is 5.48. The van der Waals surface area contributed by atoms with Gasteiger partial charge in [0.25, 0.3) is 0 Å². The van der Waals surface area contributed by atoms with E-state index in [1.54, 1.807) is 7.11 Å². The van der Waals surface area contributed by atoms with Crippen molar-refractivity contribution in [2.75, 3.05) is 12.4 Å². The van der Waals surface area contributed by atoms with Crippen LogP contribution in [0.3, 0.4) is 0 Å². The van der Waals surface area contributed by atoms with Crippen LogP contribution < -0.4 is 14.8 Å². The minimum atomic E-state index is 0.527. The van der Waals surface area contributed by atoms with Gasteiger partial charge in [0.2, 0.25) is 0 Å². The summed E-state index contributed by atoms with van der Waals surface area (Å²) in [5, 5.41) is 3.39. The maximum atomic E-state index is 5.89. The van der Waals surface area contributed by atoms with E-state index in [0.717, 1.165) is 34.9 Å². The molecule has 3 aromatic rings. The standard InChI is InChI=1S/C21H21NO2/c1-23-21-14-18(15-22-19-10-6-3-7-11-19)12-13-20(21)24-16-17-8-4-2-5-9-17/h2-14,22H,15-16H2,1H3. The molecule has 24 heavy (non-hydrogen) atoms. The predicted octanol–water partition coefficient (Wildman–Crippen LogP) is 4.89. The Morgan fingerprint density at radius 1 is 0.750 bits per heavy atom. The Bertz CT molecular complexity index is 757. The lowest BCUT2D eigenvalue weighted by Crippen LogP contribution is -2.01. The highest BCUT2D eigenvalue weighted by atomic mass is 16.5. The number of ether oxygens (including phenoxy) is 2. The summed E-state index contributed by atoms with van der Waals surface area (Å²) in [6.45, 7) is 1.26. The summed E-state index contributed by atoms with van der Waals surface area (Å²) >= 11 is 0. The van der Waals surface area contributed by atoms with Crippen molar-refractivity contribution in [1.29, 1.82) is 0 Å². The summed E-state index contributed by atoms with van der Waals surface area (Å²) in [5.74, 6) is 1.50. The number of benzene rings is 3. The van der Waals surface area contributed by atoms with Gasteiger partial charge in [0.1, 0.15) is 6.61 Å². The van der Waals surface area contributed by atoms with E-state index in [4.69, 9.17) is 9.47 Å². The highest BCUT2D eigenvalue weighted by Crippen LogP contribution is 2.29. The number of methoxy groups -OCH3 is 1. The Labute approximate surface area is 142 Å². The van der Waals surface area contributed by atoms with Crippen LogP contribution in [0, 0.1) is 0 Å². The van der Waals surface area contributed by atoms with Gasteiger partial charge in [-0.05, 0) is 35.4 Å². The van der Waals surface area contributed by atoms with Crippen molar-refractivity contribution >= 4 is 5.69 Å². The molecule has 0 spiro atoms. The maximum Gasteiger partial charge on any atom is 0.161 e. The average Bonchev–Trinajstić information content (AvgIpc) is 2.66. The van der Waals surface area contributed by atoms with Crippen molar-refractivity contribution in [3.05, 3.63) is 90.0 Å². The van der Waals surface area contributed by atoms with E-state index >= 15 is 0 Å². The molecule has 122 valence electrons. The first-order valence-electron chi connectivity index (χ1n) is 7.98. The van der Waals surface area contributed by atoms with Gasteiger partial charge in [-0.2, -0.15) is 0 Å². The van der Waals surface area contributed by atoms with Gasteiger partial charge in [-0.15, -0.1) is 0 Å². The summed E-state index contributed by atoms with van der Waals surface area (Å²) in [7, 11) is 1.67. The Kier molecular flexibility index (Phi) is 5.36. The molecule has 1 N–H and O–H groups in total. The van der Waals surface area contributed by atoms with Crippen LogP contribution in [0.25, 0.3) is 0 Å². The molecular formula is C21H21NO2. The number of hydrogen-bond donors (Lipinski definition) is 1. The minimum absolute atomic E-state index is 0.527. The third-order valence-electron chi connectivity index (χ3n) is 3.74. The van der Waals surface area contributed by atoms with Crippen molar-refractivity contribution in [1.82, 2.24) is 0 Å². The molecule has 3 rings (SSSR count). The second kappa shape index (κ2) is 8.06. The lowest BCUT2D eigenvalue weighted by Gasteiger charge is -2.13. The quantitative estimate of drug-likeness (QED) is 0.673. The molecule has 0 aliphatic heterocycles. The van der Waals surface area contributed by atoms with Gasteiger partial charge < -0.3 is 14.8 Å². The molecule has 0 atom stereocenters. The molecule has 0 amide bonds. The van der Waals surface area contributed by atoms with Gasteiger partial charge in [-0.25, -0.2) is 0 Å². The van der Waals surface area contributed by atoms with Gasteiger partial charge in [0.15, 0.2) is 11.5 Å². The van der Waals surface area contributed by atoms with E-state index in [-0.39, 0.29) is 0 Å². The summed E-state index contributed by atoms with van der Waals surface area (Å²) in [6.07, 6.45) is 0. The van der Waals surface area contributed by atoms with E-state index in [9.17, 15) is 0 Å². The lowest BCUT2D eigenvalue weighted by atomic mass is 10.2. The fourth-order valence-electron chi connectivity index (χ4n) is 2.44. The van der Waals surface area contributed by atoms with Crippen LogP contribution in [-0.2, 0) is 13.2 Å². The van der Waals surface area contributed by atoms with Crippen molar-refractivity contribution in [3.8, 4) is 11.5 Å². The lowest BCUT2D eigenvalue weighted by molar-refractivity contribution is 0.284. The molecule has 0 radical (unpaired) electrons. The molecule has 3 heteroatoms. The van der Waals surface area contributed by atoms with Crippen molar-refractivity contribution in [2.24, 2.45) is 0 Å². The Hall–Kier alpha value is -2.94.